The van der Waals surface area contributed by atoms with Gasteiger partial charge in [0.15, 0.2) is 5.82 Å². The van der Waals surface area contributed by atoms with E-state index in [9.17, 15) is 4.79 Å². The smallest absolute Gasteiger partial charge is 0.207 e. The number of pyridine rings is 1. The van der Waals surface area contributed by atoms with Crippen LogP contribution in [0.25, 0.3) is 21.9 Å². The minimum Gasteiger partial charge on any atom is -0.359 e. The van der Waals surface area contributed by atoms with Crippen LogP contribution in [0.5, 0.6) is 0 Å². The van der Waals surface area contributed by atoms with Gasteiger partial charge < -0.3 is 9.88 Å². The van der Waals surface area contributed by atoms with Crippen molar-refractivity contribution in [3.05, 3.63) is 30.1 Å². The van der Waals surface area contributed by atoms with Crippen molar-refractivity contribution < 1.29 is 4.79 Å². The summed E-state index contributed by atoms with van der Waals surface area (Å²) in [6, 6.07) is 8.10. The van der Waals surface area contributed by atoms with Crippen molar-refractivity contribution >= 4 is 40.9 Å². The number of amides is 1. The van der Waals surface area contributed by atoms with E-state index in [1.54, 1.807) is 0 Å². The number of carbonyl (C=O) groups is 1. The molecule has 0 spiro atoms. The van der Waals surface area contributed by atoms with Gasteiger partial charge in [0.2, 0.25) is 6.41 Å². The molecule has 0 atom stereocenters. The van der Waals surface area contributed by atoms with Crippen LogP contribution in [0.2, 0.25) is 0 Å². The van der Waals surface area contributed by atoms with E-state index in [0.717, 1.165) is 72.8 Å². The first-order chi connectivity index (χ1) is 12.8. The first-order valence-electron chi connectivity index (χ1n) is 9.21. The van der Waals surface area contributed by atoms with Crippen LogP contribution in [-0.4, -0.2) is 34.2 Å². The highest BCUT2D eigenvalue weighted by Crippen LogP contribution is 2.32. The number of aliphatic imine (C=N–C) groups is 1. The Bertz CT molecular complexity index is 915. The molecule has 0 aliphatic heterocycles. The molecule has 3 aromatic rings. The number of unbranched alkanes of at least 4 members (excludes halogenated alkanes) is 2. The number of nitrogens with one attached hydrogen (secondary N) is 1. The van der Waals surface area contributed by atoms with Crippen LogP contribution < -0.4 is 5.32 Å². The minimum atomic E-state index is 0.595. The fourth-order valence-corrected chi connectivity index (χ4v) is 3.30. The second-order valence-electron chi connectivity index (χ2n) is 6.37. The molecular weight excluding hydrogens is 326 g/mol. The molecule has 136 valence electrons. The van der Waals surface area contributed by atoms with Gasteiger partial charge in [0.25, 0.3) is 0 Å². The first-order valence-corrected chi connectivity index (χ1v) is 9.21. The van der Waals surface area contributed by atoms with Gasteiger partial charge >= 0.3 is 0 Å². The zero-order chi connectivity index (χ0) is 18.4. The number of para-hydroxylation sites is 1. The van der Waals surface area contributed by atoms with Gasteiger partial charge in [-0.2, -0.15) is 0 Å². The molecule has 0 aliphatic rings. The topological polar surface area (TPSA) is 72.2 Å². The SMILES string of the molecule is C=Nc1nc2ccccc2c2c1nc(CCCC)n2CCCCNC=O. The maximum atomic E-state index is 10.4. The third kappa shape index (κ3) is 3.59. The van der Waals surface area contributed by atoms with E-state index in [4.69, 9.17) is 4.98 Å². The molecule has 6 heteroatoms. The Labute approximate surface area is 153 Å². The van der Waals surface area contributed by atoms with Crippen LogP contribution in [0.15, 0.2) is 29.3 Å². The Hall–Kier alpha value is -2.76. The Balaban J connectivity index is 2.09. The molecule has 0 saturated carbocycles. The minimum absolute atomic E-state index is 0.595. The Morgan fingerprint density at radius 2 is 2.08 bits per heavy atom. The first kappa shape index (κ1) is 18.0. The molecule has 2 aromatic heterocycles. The number of nitrogens with zero attached hydrogens (tertiary/aromatic N) is 4. The normalized spacial score (nSPS) is 11.1. The second kappa shape index (κ2) is 8.56. The monoisotopic (exact) mass is 351 g/mol. The van der Waals surface area contributed by atoms with Gasteiger partial charge in [-0.3, -0.25) is 4.79 Å². The quantitative estimate of drug-likeness (QED) is 0.343. The molecule has 0 unspecified atom stereocenters. The molecule has 1 aromatic carbocycles. The molecule has 0 aliphatic carbocycles. The van der Waals surface area contributed by atoms with Gasteiger partial charge in [-0.1, -0.05) is 31.5 Å². The maximum Gasteiger partial charge on any atom is 0.207 e. The van der Waals surface area contributed by atoms with Crippen molar-refractivity contribution in [2.45, 2.75) is 45.6 Å². The predicted octanol–water partition coefficient (Wildman–Crippen LogP) is 3.79. The van der Waals surface area contributed by atoms with Gasteiger partial charge in [-0.05, 0) is 32.0 Å². The highest BCUT2D eigenvalue weighted by Gasteiger charge is 2.17. The molecule has 1 N–H and O–H groups in total. The van der Waals surface area contributed by atoms with E-state index in [0.29, 0.717) is 12.4 Å². The number of aryl methyl sites for hydroxylation is 2. The summed E-state index contributed by atoms with van der Waals surface area (Å²) in [5.74, 6) is 1.67. The molecule has 2 heterocycles. The lowest BCUT2D eigenvalue weighted by Crippen LogP contribution is -2.13. The highest BCUT2D eigenvalue weighted by atomic mass is 16.1. The summed E-state index contributed by atoms with van der Waals surface area (Å²) in [4.78, 5) is 24.0. The fourth-order valence-electron chi connectivity index (χ4n) is 3.30. The molecule has 0 saturated heterocycles. The average molecular weight is 351 g/mol. The number of hydrogen-bond acceptors (Lipinski definition) is 4. The molecular formula is C20H25N5O. The van der Waals surface area contributed by atoms with Crippen LogP contribution in [0, 0.1) is 0 Å². The van der Waals surface area contributed by atoms with Gasteiger partial charge in [0.1, 0.15) is 11.3 Å². The average Bonchev–Trinajstić information content (AvgIpc) is 3.04. The molecule has 3 rings (SSSR count). The number of imidazole rings is 1. The summed E-state index contributed by atoms with van der Waals surface area (Å²) in [5.41, 5.74) is 2.83. The highest BCUT2D eigenvalue weighted by molar-refractivity contribution is 6.06. The van der Waals surface area contributed by atoms with Crippen LogP contribution in [0.4, 0.5) is 5.82 Å². The molecule has 6 nitrogen and oxygen atoms in total. The Morgan fingerprint density at radius 3 is 2.85 bits per heavy atom. The number of hydrogen-bond donors (Lipinski definition) is 1. The Morgan fingerprint density at radius 1 is 1.23 bits per heavy atom. The van der Waals surface area contributed by atoms with Crippen molar-refractivity contribution in [1.29, 1.82) is 0 Å². The molecule has 0 radical (unpaired) electrons. The number of rotatable bonds is 10. The lowest BCUT2D eigenvalue weighted by atomic mass is 10.1. The molecule has 0 fully saturated rings. The van der Waals surface area contributed by atoms with Crippen LogP contribution in [-0.2, 0) is 17.8 Å². The second-order valence-corrected chi connectivity index (χ2v) is 6.37. The summed E-state index contributed by atoms with van der Waals surface area (Å²) >= 11 is 0. The van der Waals surface area contributed by atoms with Crippen molar-refractivity contribution in [3.8, 4) is 0 Å². The van der Waals surface area contributed by atoms with Gasteiger partial charge in [-0.25, -0.2) is 15.0 Å². The van der Waals surface area contributed by atoms with E-state index in [-0.39, 0.29) is 0 Å². The summed E-state index contributed by atoms with van der Waals surface area (Å²) in [7, 11) is 0. The van der Waals surface area contributed by atoms with E-state index in [1.807, 2.05) is 18.2 Å². The lowest BCUT2D eigenvalue weighted by Gasteiger charge is -2.11. The van der Waals surface area contributed by atoms with Crippen LogP contribution >= 0.6 is 0 Å². The summed E-state index contributed by atoms with van der Waals surface area (Å²) < 4.78 is 2.31. The number of aromatic nitrogens is 3. The van der Waals surface area contributed by atoms with E-state index in [1.165, 1.54) is 0 Å². The maximum absolute atomic E-state index is 10.4. The lowest BCUT2D eigenvalue weighted by molar-refractivity contribution is -0.109. The van der Waals surface area contributed by atoms with Crippen LogP contribution in [0.1, 0.15) is 38.4 Å². The Kier molecular flexibility index (Phi) is 5.94. The number of fused-ring (bicyclic) bond motifs is 3. The zero-order valence-corrected chi connectivity index (χ0v) is 15.2. The molecule has 0 bridgehead atoms. The molecule has 1 amide bonds. The summed E-state index contributed by atoms with van der Waals surface area (Å²) in [6.45, 7) is 7.43. The largest absolute Gasteiger partial charge is 0.359 e. The molecule has 26 heavy (non-hydrogen) atoms. The van der Waals surface area contributed by atoms with E-state index >= 15 is 0 Å². The number of benzene rings is 1. The van der Waals surface area contributed by atoms with Gasteiger partial charge in [0.05, 0.1) is 11.0 Å². The van der Waals surface area contributed by atoms with Crippen molar-refractivity contribution in [2.75, 3.05) is 6.54 Å². The van der Waals surface area contributed by atoms with E-state index < -0.39 is 0 Å². The zero-order valence-electron chi connectivity index (χ0n) is 15.2. The van der Waals surface area contributed by atoms with Crippen molar-refractivity contribution in [2.24, 2.45) is 4.99 Å². The summed E-state index contributed by atoms with van der Waals surface area (Å²) in [6.07, 6.45) is 5.81. The number of carbonyl (C=O) groups excluding carboxylic acids is 1. The third-order valence-electron chi connectivity index (χ3n) is 4.58. The van der Waals surface area contributed by atoms with Gasteiger partial charge in [-0.15, -0.1) is 0 Å². The predicted molar refractivity (Wildman–Crippen MR) is 106 cm³/mol. The standard InChI is InChI=1S/C20H25N5O/c1-3-4-11-17-24-18-19(25(17)13-8-7-12-22-14-26)15-9-5-6-10-16(15)23-20(18)21-2/h5-6,9-10,14H,2-4,7-8,11-13H2,1H3,(H,22,26). The van der Waals surface area contributed by atoms with Crippen LogP contribution in [0.3, 0.4) is 0 Å². The third-order valence-corrected chi connectivity index (χ3v) is 4.58. The fraction of sp³-hybridized carbons (Fsp3) is 0.400. The van der Waals surface area contributed by atoms with Crippen molar-refractivity contribution in [1.82, 2.24) is 19.9 Å². The van der Waals surface area contributed by atoms with E-state index in [2.05, 4.69) is 39.6 Å². The summed E-state index contributed by atoms with van der Waals surface area (Å²) in [5, 5.41) is 3.82. The van der Waals surface area contributed by atoms with Crippen molar-refractivity contribution in [3.63, 3.8) is 0 Å². The van der Waals surface area contributed by atoms with Gasteiger partial charge in [0, 0.05) is 24.9 Å².